The van der Waals surface area contributed by atoms with Gasteiger partial charge in [0.15, 0.2) is 0 Å². The third kappa shape index (κ3) is 4.09. The number of aromatic nitrogens is 2. The number of hydrogen-bond acceptors (Lipinski definition) is 7. The fraction of sp³-hybridized carbons (Fsp3) is 0.0556. The number of para-hydroxylation sites is 1. The van der Waals surface area contributed by atoms with Crippen LogP contribution in [0.1, 0.15) is 10.4 Å². The minimum absolute atomic E-state index is 0.259. The largest absolute Gasteiger partial charge is 0.465 e. The average Bonchev–Trinajstić information content (AvgIpc) is 2.66. The molecule has 3 aromatic rings. The summed E-state index contributed by atoms with van der Waals surface area (Å²) in [6.07, 6.45) is 1.56. The van der Waals surface area contributed by atoms with Crippen molar-refractivity contribution in [2.24, 2.45) is 0 Å². The number of benzene rings is 2. The molecule has 132 valence electrons. The van der Waals surface area contributed by atoms with Crippen LogP contribution in [0.2, 0.25) is 0 Å². The average molecular weight is 415 g/mol. The fourth-order valence-corrected chi connectivity index (χ4v) is 2.39. The molecule has 2 aromatic carbocycles. The topological polar surface area (TPSA) is 99.4 Å². The lowest BCUT2D eigenvalue weighted by atomic mass is 10.2. The number of halogens is 1. The highest BCUT2D eigenvalue weighted by Crippen LogP contribution is 2.31. The van der Waals surface area contributed by atoms with Gasteiger partial charge in [0.05, 0.1) is 17.8 Å². The molecular weight excluding hydrogens is 400 g/mol. The predicted octanol–water partition coefficient (Wildman–Crippen LogP) is 4.14. The van der Waals surface area contributed by atoms with Crippen molar-refractivity contribution >= 4 is 39.2 Å². The van der Waals surface area contributed by atoms with Gasteiger partial charge >= 0.3 is 5.97 Å². The first-order valence-electron chi connectivity index (χ1n) is 7.57. The second-order valence-corrected chi connectivity index (χ2v) is 6.04. The van der Waals surface area contributed by atoms with Crippen LogP contribution < -0.4 is 15.8 Å². The number of nitrogen functional groups attached to an aromatic ring is 1. The zero-order chi connectivity index (χ0) is 18.5. The van der Waals surface area contributed by atoms with Crippen molar-refractivity contribution in [3.63, 3.8) is 0 Å². The molecule has 0 radical (unpaired) electrons. The summed E-state index contributed by atoms with van der Waals surface area (Å²) in [6, 6.07) is 13.9. The molecular formula is C18H15BrN4O3. The number of esters is 1. The van der Waals surface area contributed by atoms with Crippen LogP contribution in [-0.2, 0) is 4.74 Å². The quantitative estimate of drug-likeness (QED) is 0.477. The first kappa shape index (κ1) is 17.7. The van der Waals surface area contributed by atoms with E-state index < -0.39 is 5.97 Å². The van der Waals surface area contributed by atoms with E-state index in [0.29, 0.717) is 27.4 Å². The number of carbonyl (C=O) groups is 1. The molecule has 0 unspecified atom stereocenters. The van der Waals surface area contributed by atoms with Crippen molar-refractivity contribution < 1.29 is 14.3 Å². The molecule has 0 aliphatic carbocycles. The molecule has 3 rings (SSSR count). The lowest BCUT2D eigenvalue weighted by molar-refractivity contribution is 0.0598. The van der Waals surface area contributed by atoms with E-state index in [1.54, 1.807) is 42.6 Å². The van der Waals surface area contributed by atoms with Crippen molar-refractivity contribution in [1.82, 2.24) is 9.97 Å². The molecule has 0 aliphatic heterocycles. The SMILES string of the molecule is COC(=O)c1ccccc1Oc1nc(Nc2ccc(N)cc2)ncc1Br. The minimum atomic E-state index is -0.494. The second kappa shape index (κ2) is 7.83. The van der Waals surface area contributed by atoms with Crippen LogP contribution >= 0.6 is 15.9 Å². The molecule has 0 atom stereocenters. The molecule has 0 saturated carbocycles. The zero-order valence-corrected chi connectivity index (χ0v) is 15.4. The Balaban J connectivity index is 1.87. The Morgan fingerprint density at radius 3 is 2.62 bits per heavy atom. The van der Waals surface area contributed by atoms with Gasteiger partial charge in [-0.25, -0.2) is 9.78 Å². The first-order valence-corrected chi connectivity index (χ1v) is 8.36. The maximum atomic E-state index is 11.9. The summed E-state index contributed by atoms with van der Waals surface area (Å²) in [5.74, 6) is 0.431. The molecule has 3 N–H and O–H groups in total. The minimum Gasteiger partial charge on any atom is -0.465 e. The van der Waals surface area contributed by atoms with Gasteiger partial charge in [0, 0.05) is 11.4 Å². The van der Waals surface area contributed by atoms with Gasteiger partial charge in [0.2, 0.25) is 11.8 Å². The van der Waals surface area contributed by atoms with Gasteiger partial charge in [-0.2, -0.15) is 4.98 Å². The summed E-state index contributed by atoms with van der Waals surface area (Å²) in [5.41, 5.74) is 7.42. The molecule has 1 aromatic heterocycles. The van der Waals surface area contributed by atoms with Crippen molar-refractivity contribution in [2.45, 2.75) is 0 Å². The van der Waals surface area contributed by atoms with Crippen LogP contribution in [0.15, 0.2) is 59.2 Å². The Labute approximate surface area is 158 Å². The molecule has 0 fully saturated rings. The van der Waals surface area contributed by atoms with Gasteiger partial charge in [0.1, 0.15) is 11.3 Å². The van der Waals surface area contributed by atoms with Gasteiger partial charge in [-0.1, -0.05) is 12.1 Å². The Hall–Kier alpha value is -3.13. The van der Waals surface area contributed by atoms with Gasteiger partial charge in [-0.3, -0.25) is 0 Å². The van der Waals surface area contributed by atoms with Crippen LogP contribution in [0.4, 0.5) is 17.3 Å². The second-order valence-electron chi connectivity index (χ2n) is 5.18. The van der Waals surface area contributed by atoms with E-state index in [4.69, 9.17) is 15.2 Å². The smallest absolute Gasteiger partial charge is 0.341 e. The van der Waals surface area contributed by atoms with E-state index in [9.17, 15) is 4.79 Å². The third-order valence-corrected chi connectivity index (χ3v) is 3.92. The molecule has 0 spiro atoms. The van der Waals surface area contributed by atoms with E-state index in [1.807, 2.05) is 12.1 Å². The summed E-state index contributed by atoms with van der Waals surface area (Å²) >= 11 is 3.35. The number of nitrogens with one attached hydrogen (secondary N) is 1. The van der Waals surface area contributed by atoms with Crippen LogP contribution in [0.5, 0.6) is 11.6 Å². The van der Waals surface area contributed by atoms with E-state index in [1.165, 1.54) is 7.11 Å². The third-order valence-electron chi connectivity index (χ3n) is 3.38. The summed E-state index contributed by atoms with van der Waals surface area (Å²) in [4.78, 5) is 20.4. The highest BCUT2D eigenvalue weighted by molar-refractivity contribution is 9.10. The maximum absolute atomic E-state index is 11.9. The van der Waals surface area contributed by atoms with Crippen LogP contribution in [0, 0.1) is 0 Å². The Bertz CT molecular complexity index is 932. The summed E-state index contributed by atoms with van der Waals surface area (Å²) in [7, 11) is 1.31. The monoisotopic (exact) mass is 414 g/mol. The lowest BCUT2D eigenvalue weighted by Crippen LogP contribution is -2.05. The van der Waals surface area contributed by atoms with Crippen LogP contribution in [-0.4, -0.2) is 23.0 Å². The molecule has 0 aliphatic rings. The Morgan fingerprint density at radius 2 is 1.88 bits per heavy atom. The maximum Gasteiger partial charge on any atom is 0.341 e. The highest BCUT2D eigenvalue weighted by Gasteiger charge is 2.15. The van der Waals surface area contributed by atoms with Gasteiger partial charge in [-0.05, 0) is 52.3 Å². The van der Waals surface area contributed by atoms with Crippen LogP contribution in [0.3, 0.4) is 0 Å². The van der Waals surface area contributed by atoms with Crippen molar-refractivity contribution in [3.05, 3.63) is 64.8 Å². The molecule has 0 amide bonds. The zero-order valence-electron chi connectivity index (χ0n) is 13.8. The van der Waals surface area contributed by atoms with E-state index in [2.05, 4.69) is 31.2 Å². The van der Waals surface area contributed by atoms with E-state index in [0.717, 1.165) is 5.69 Å². The summed E-state index contributed by atoms with van der Waals surface area (Å²) in [6.45, 7) is 0. The molecule has 0 bridgehead atoms. The van der Waals surface area contributed by atoms with Crippen molar-refractivity contribution in [1.29, 1.82) is 0 Å². The number of methoxy groups -OCH3 is 1. The highest BCUT2D eigenvalue weighted by atomic mass is 79.9. The lowest BCUT2D eigenvalue weighted by Gasteiger charge is -2.11. The first-order chi connectivity index (χ1) is 12.6. The number of anilines is 3. The molecule has 8 heteroatoms. The molecule has 26 heavy (non-hydrogen) atoms. The molecule has 0 saturated heterocycles. The number of hydrogen-bond donors (Lipinski definition) is 2. The number of carbonyl (C=O) groups excluding carboxylic acids is 1. The van der Waals surface area contributed by atoms with Gasteiger partial charge < -0.3 is 20.5 Å². The summed E-state index contributed by atoms with van der Waals surface area (Å²) < 4.78 is 11.1. The normalized spacial score (nSPS) is 10.2. The number of nitrogens with two attached hydrogens (primary N) is 1. The number of nitrogens with zero attached hydrogens (tertiary/aromatic N) is 2. The summed E-state index contributed by atoms with van der Waals surface area (Å²) in [5, 5.41) is 3.06. The predicted molar refractivity (Wildman–Crippen MR) is 102 cm³/mol. The number of ether oxygens (including phenoxy) is 2. The van der Waals surface area contributed by atoms with Gasteiger partial charge in [0.25, 0.3) is 0 Å². The molecule has 7 nitrogen and oxygen atoms in total. The standard InChI is InChI=1S/C18H15BrN4O3/c1-25-17(24)13-4-2-3-5-15(13)26-16-14(19)10-21-18(23-16)22-12-8-6-11(20)7-9-12/h2-10H,20H2,1H3,(H,21,22,23). The Kier molecular flexibility index (Phi) is 5.33. The van der Waals surface area contributed by atoms with E-state index >= 15 is 0 Å². The Morgan fingerprint density at radius 1 is 1.15 bits per heavy atom. The van der Waals surface area contributed by atoms with E-state index in [-0.39, 0.29) is 5.88 Å². The van der Waals surface area contributed by atoms with Crippen molar-refractivity contribution in [3.8, 4) is 11.6 Å². The van der Waals surface area contributed by atoms with Gasteiger partial charge in [-0.15, -0.1) is 0 Å². The molecule has 1 heterocycles. The van der Waals surface area contributed by atoms with Crippen molar-refractivity contribution in [2.75, 3.05) is 18.2 Å². The fourth-order valence-electron chi connectivity index (χ4n) is 2.12. The number of rotatable bonds is 5. The van der Waals surface area contributed by atoms with Crippen LogP contribution in [0.25, 0.3) is 0 Å².